The monoisotopic (exact) mass is 385 g/mol. The Hall–Kier alpha value is -3.33. The van der Waals surface area contributed by atoms with Gasteiger partial charge in [-0.05, 0) is 38.1 Å². The van der Waals surface area contributed by atoms with E-state index in [0.29, 0.717) is 15.8 Å². The van der Waals surface area contributed by atoms with Crippen molar-refractivity contribution in [1.29, 1.82) is 0 Å². The van der Waals surface area contributed by atoms with Gasteiger partial charge in [0.05, 0.1) is 26.8 Å². The molecule has 0 radical (unpaired) electrons. The molecule has 0 unspecified atom stereocenters. The predicted octanol–water partition coefficient (Wildman–Crippen LogP) is 4.02. The third kappa shape index (κ3) is 4.09. The Morgan fingerprint density at radius 1 is 1.22 bits per heavy atom. The molecule has 0 aliphatic carbocycles. The number of carbonyl (C=O) groups excluding carboxylic acids is 2. The molecular formula is C18H15N3O5S. The fraction of sp³-hybridized carbons (Fsp3) is 0.167. The van der Waals surface area contributed by atoms with Crippen molar-refractivity contribution in [2.75, 3.05) is 5.32 Å². The number of carbonyl (C=O) groups is 2. The zero-order valence-electron chi connectivity index (χ0n) is 14.5. The summed E-state index contributed by atoms with van der Waals surface area (Å²) < 4.78 is 5.85. The second kappa shape index (κ2) is 7.50. The highest BCUT2D eigenvalue weighted by atomic mass is 32.1. The van der Waals surface area contributed by atoms with Crippen molar-refractivity contribution in [1.82, 2.24) is 4.98 Å². The molecule has 0 aliphatic heterocycles. The van der Waals surface area contributed by atoms with E-state index in [9.17, 15) is 19.7 Å². The maximum absolute atomic E-state index is 12.4. The summed E-state index contributed by atoms with van der Waals surface area (Å²) >= 11 is 1.16. The number of hydrogen-bond donors (Lipinski definition) is 1. The van der Waals surface area contributed by atoms with E-state index in [4.69, 9.17) is 4.74 Å². The van der Waals surface area contributed by atoms with Crippen LogP contribution in [0.3, 0.4) is 0 Å². The molecule has 1 heterocycles. The first-order valence-corrected chi connectivity index (χ1v) is 8.83. The number of para-hydroxylation sites is 1. The maximum Gasteiger partial charge on any atom is 0.338 e. The topological polar surface area (TPSA) is 111 Å². The van der Waals surface area contributed by atoms with E-state index in [1.165, 1.54) is 18.2 Å². The van der Waals surface area contributed by atoms with Crippen molar-refractivity contribution in [3.8, 4) is 0 Å². The summed E-state index contributed by atoms with van der Waals surface area (Å²) in [5.41, 5.74) is 0.646. The highest BCUT2D eigenvalue weighted by molar-refractivity contribution is 7.22. The fourth-order valence-corrected chi connectivity index (χ4v) is 3.28. The zero-order valence-corrected chi connectivity index (χ0v) is 15.3. The first-order chi connectivity index (χ1) is 12.8. The van der Waals surface area contributed by atoms with Crippen LogP contribution in [0.25, 0.3) is 10.2 Å². The van der Waals surface area contributed by atoms with Crippen LogP contribution in [0.4, 0.5) is 10.8 Å². The van der Waals surface area contributed by atoms with Crippen LogP contribution in [0.2, 0.25) is 0 Å². The minimum absolute atomic E-state index is 0.0528. The Morgan fingerprint density at radius 3 is 2.67 bits per heavy atom. The van der Waals surface area contributed by atoms with Crippen molar-refractivity contribution >= 4 is 44.2 Å². The third-order valence-electron chi connectivity index (χ3n) is 3.53. The first-order valence-electron chi connectivity index (χ1n) is 8.01. The molecule has 0 atom stereocenters. The minimum atomic E-state index is -0.624. The summed E-state index contributed by atoms with van der Waals surface area (Å²) in [6.07, 6.45) is -0.230. The van der Waals surface area contributed by atoms with Crippen molar-refractivity contribution in [2.45, 2.75) is 20.0 Å². The number of nitro groups is 1. The molecule has 0 fully saturated rings. The van der Waals surface area contributed by atoms with E-state index in [0.717, 1.165) is 11.3 Å². The fourth-order valence-electron chi connectivity index (χ4n) is 2.38. The molecule has 3 rings (SSSR count). The van der Waals surface area contributed by atoms with Gasteiger partial charge in [0.25, 0.3) is 11.6 Å². The number of ether oxygens (including phenoxy) is 1. The number of hydrogen-bond acceptors (Lipinski definition) is 7. The van der Waals surface area contributed by atoms with Crippen LogP contribution < -0.4 is 5.32 Å². The molecule has 1 N–H and O–H groups in total. The number of amides is 1. The number of nitrogens with one attached hydrogen (secondary N) is 1. The lowest BCUT2D eigenvalue weighted by Crippen LogP contribution is -2.13. The van der Waals surface area contributed by atoms with Gasteiger partial charge < -0.3 is 4.74 Å². The number of nitro benzene ring substituents is 1. The molecule has 2 aromatic carbocycles. The van der Waals surface area contributed by atoms with E-state index >= 15 is 0 Å². The molecule has 0 saturated heterocycles. The molecule has 8 nitrogen and oxygen atoms in total. The number of benzene rings is 2. The summed E-state index contributed by atoms with van der Waals surface area (Å²) in [5.74, 6) is -1.06. The highest BCUT2D eigenvalue weighted by Crippen LogP contribution is 2.28. The van der Waals surface area contributed by atoms with Gasteiger partial charge in [-0.1, -0.05) is 23.5 Å². The van der Waals surface area contributed by atoms with Crippen LogP contribution in [-0.4, -0.2) is 27.9 Å². The zero-order chi connectivity index (χ0) is 19.6. The van der Waals surface area contributed by atoms with E-state index < -0.39 is 16.8 Å². The Bertz CT molecular complexity index is 1040. The number of thiazole rings is 1. The van der Waals surface area contributed by atoms with Gasteiger partial charge in [-0.3, -0.25) is 20.2 Å². The van der Waals surface area contributed by atoms with Crippen molar-refractivity contribution in [2.24, 2.45) is 0 Å². The lowest BCUT2D eigenvalue weighted by molar-refractivity contribution is -0.385. The molecule has 0 saturated carbocycles. The normalized spacial score (nSPS) is 10.8. The molecule has 27 heavy (non-hydrogen) atoms. The highest BCUT2D eigenvalue weighted by Gasteiger charge is 2.20. The Morgan fingerprint density at radius 2 is 1.96 bits per heavy atom. The largest absolute Gasteiger partial charge is 0.459 e. The first kappa shape index (κ1) is 18.5. The van der Waals surface area contributed by atoms with Crippen LogP contribution in [0, 0.1) is 10.1 Å². The van der Waals surface area contributed by atoms with Gasteiger partial charge in [0, 0.05) is 6.07 Å². The van der Waals surface area contributed by atoms with Crippen LogP contribution in [0.15, 0.2) is 42.5 Å². The number of fused-ring (bicyclic) bond motifs is 1. The maximum atomic E-state index is 12.4. The predicted molar refractivity (Wildman–Crippen MR) is 101 cm³/mol. The van der Waals surface area contributed by atoms with E-state index in [2.05, 4.69) is 10.3 Å². The quantitative estimate of drug-likeness (QED) is 0.403. The van der Waals surface area contributed by atoms with E-state index in [-0.39, 0.29) is 22.5 Å². The summed E-state index contributed by atoms with van der Waals surface area (Å²) in [4.78, 5) is 39.1. The van der Waals surface area contributed by atoms with Crippen molar-refractivity contribution in [3.05, 3.63) is 63.7 Å². The number of rotatable bonds is 5. The van der Waals surface area contributed by atoms with Gasteiger partial charge in [0.2, 0.25) is 0 Å². The molecule has 1 amide bonds. The summed E-state index contributed by atoms with van der Waals surface area (Å²) in [7, 11) is 0. The molecule has 0 spiro atoms. The number of esters is 1. The number of aromatic nitrogens is 1. The number of anilines is 1. The van der Waals surface area contributed by atoms with Gasteiger partial charge in [-0.25, -0.2) is 9.78 Å². The summed E-state index contributed by atoms with van der Waals surface area (Å²) in [6, 6.07) is 10.6. The minimum Gasteiger partial charge on any atom is -0.459 e. The Labute approximate surface area is 157 Å². The van der Waals surface area contributed by atoms with Crippen LogP contribution in [-0.2, 0) is 4.74 Å². The number of nitrogens with zero attached hydrogens (tertiary/aromatic N) is 2. The lowest BCUT2D eigenvalue weighted by atomic mass is 10.1. The van der Waals surface area contributed by atoms with Crippen molar-refractivity contribution < 1.29 is 19.2 Å². The average molecular weight is 385 g/mol. The third-order valence-corrected chi connectivity index (χ3v) is 4.47. The summed E-state index contributed by atoms with van der Waals surface area (Å²) in [5, 5.41) is 13.9. The smallest absolute Gasteiger partial charge is 0.338 e. The molecule has 1 aromatic heterocycles. The molecule has 138 valence electrons. The van der Waals surface area contributed by atoms with Gasteiger partial charge in [0.1, 0.15) is 5.56 Å². The standard InChI is InChI=1S/C18H15N3O5S/c1-10(2)26-17(23)11-7-8-13-15(9-11)27-18(19-13)20-16(22)12-5-3-4-6-14(12)21(24)25/h3-10H,1-2H3,(H,19,20,22). The van der Waals surface area contributed by atoms with Gasteiger partial charge in [0.15, 0.2) is 5.13 Å². The molecule has 0 bridgehead atoms. The SMILES string of the molecule is CC(C)OC(=O)c1ccc2nc(NC(=O)c3ccccc3[N+](=O)[O-])sc2c1. The van der Waals surface area contributed by atoms with Crippen LogP contribution >= 0.6 is 11.3 Å². The Kier molecular flexibility index (Phi) is 5.13. The molecule has 3 aromatic rings. The molecular weight excluding hydrogens is 370 g/mol. The average Bonchev–Trinajstić information content (AvgIpc) is 3.02. The molecule has 0 aliphatic rings. The second-order valence-electron chi connectivity index (χ2n) is 5.88. The second-order valence-corrected chi connectivity index (χ2v) is 6.91. The van der Waals surface area contributed by atoms with Gasteiger partial charge in [-0.15, -0.1) is 0 Å². The van der Waals surface area contributed by atoms with Crippen LogP contribution in [0.5, 0.6) is 0 Å². The summed E-state index contributed by atoms with van der Waals surface area (Å²) in [6.45, 7) is 3.53. The Balaban J connectivity index is 1.85. The van der Waals surface area contributed by atoms with Crippen LogP contribution in [0.1, 0.15) is 34.6 Å². The lowest BCUT2D eigenvalue weighted by Gasteiger charge is -2.07. The van der Waals surface area contributed by atoms with E-state index in [1.807, 2.05) is 0 Å². The van der Waals surface area contributed by atoms with Crippen molar-refractivity contribution in [3.63, 3.8) is 0 Å². The van der Waals surface area contributed by atoms with Gasteiger partial charge >= 0.3 is 5.97 Å². The van der Waals surface area contributed by atoms with Gasteiger partial charge in [-0.2, -0.15) is 0 Å². The van der Waals surface area contributed by atoms with E-state index in [1.54, 1.807) is 38.1 Å². The molecule has 9 heteroatoms.